The van der Waals surface area contributed by atoms with Crippen LogP contribution in [-0.4, -0.2) is 27.8 Å². The number of hydrogen-bond donors (Lipinski definition) is 1. The fourth-order valence-corrected chi connectivity index (χ4v) is 1.81. The van der Waals surface area contributed by atoms with Crippen molar-refractivity contribution in [1.29, 1.82) is 0 Å². The molecule has 1 aliphatic rings. The topological polar surface area (TPSA) is 83.0 Å². The Morgan fingerprint density at radius 3 is 3.20 bits per heavy atom. The third-order valence-corrected chi connectivity index (χ3v) is 2.62. The fourth-order valence-electron chi connectivity index (χ4n) is 1.81. The van der Waals surface area contributed by atoms with Gasteiger partial charge in [0.25, 0.3) is 0 Å². The lowest BCUT2D eigenvalue weighted by Crippen LogP contribution is -2.28. The number of methoxy groups -OCH3 is 1. The van der Waals surface area contributed by atoms with Crippen molar-refractivity contribution >= 4 is 5.97 Å². The van der Waals surface area contributed by atoms with Gasteiger partial charge < -0.3 is 10.5 Å². The van der Waals surface area contributed by atoms with Gasteiger partial charge in [-0.05, 0) is 6.42 Å². The second-order valence-corrected chi connectivity index (χ2v) is 3.59. The van der Waals surface area contributed by atoms with E-state index in [-0.39, 0.29) is 11.9 Å². The second kappa shape index (κ2) is 3.98. The lowest BCUT2D eigenvalue weighted by atomic mass is 10.0. The van der Waals surface area contributed by atoms with Gasteiger partial charge in [0, 0.05) is 6.42 Å². The van der Waals surface area contributed by atoms with Crippen LogP contribution in [0.4, 0.5) is 0 Å². The summed E-state index contributed by atoms with van der Waals surface area (Å²) in [6, 6.07) is 0. The molecule has 6 heteroatoms. The van der Waals surface area contributed by atoms with Crippen molar-refractivity contribution in [1.82, 2.24) is 14.8 Å². The maximum absolute atomic E-state index is 11.3. The normalized spacial score (nSPS) is 19.7. The zero-order valence-corrected chi connectivity index (χ0v) is 8.64. The number of aryl methyl sites for hydroxylation is 1. The molecule has 6 nitrogen and oxygen atoms in total. The summed E-state index contributed by atoms with van der Waals surface area (Å²) in [7, 11) is 1.41. The van der Waals surface area contributed by atoms with E-state index in [0.29, 0.717) is 18.9 Å². The van der Waals surface area contributed by atoms with Gasteiger partial charge in [-0.15, -0.1) is 0 Å². The highest BCUT2D eigenvalue weighted by Crippen LogP contribution is 2.19. The smallest absolute Gasteiger partial charge is 0.310 e. The molecule has 0 spiro atoms. The Kier molecular flexibility index (Phi) is 2.68. The fraction of sp³-hybridized carbons (Fsp3) is 0.667. The molecule has 0 saturated carbocycles. The molecule has 1 aliphatic heterocycles. The van der Waals surface area contributed by atoms with E-state index in [1.807, 2.05) is 0 Å². The van der Waals surface area contributed by atoms with E-state index < -0.39 is 0 Å². The number of aromatic nitrogens is 3. The van der Waals surface area contributed by atoms with Crippen LogP contribution in [-0.2, 0) is 29.0 Å². The zero-order valence-electron chi connectivity index (χ0n) is 8.64. The lowest BCUT2D eigenvalue weighted by molar-refractivity contribution is -0.146. The maximum atomic E-state index is 11.3. The molecule has 0 amide bonds. The lowest BCUT2D eigenvalue weighted by Gasteiger charge is -2.19. The molecule has 2 N–H and O–H groups in total. The molecule has 0 fully saturated rings. The average molecular weight is 210 g/mol. The molecule has 2 rings (SSSR count). The number of nitrogens with zero attached hydrogens (tertiary/aromatic N) is 3. The predicted molar refractivity (Wildman–Crippen MR) is 51.7 cm³/mol. The Labute approximate surface area is 87.4 Å². The molecule has 0 aromatic carbocycles. The van der Waals surface area contributed by atoms with Gasteiger partial charge in [0.05, 0.1) is 26.1 Å². The minimum atomic E-state index is -0.176. The summed E-state index contributed by atoms with van der Waals surface area (Å²) in [6.07, 6.45) is 1.53. The molecule has 82 valence electrons. The second-order valence-electron chi connectivity index (χ2n) is 3.59. The van der Waals surface area contributed by atoms with Crippen molar-refractivity contribution in [2.75, 3.05) is 7.11 Å². The Bertz CT molecular complexity index is 374. The molecule has 0 aliphatic carbocycles. The van der Waals surface area contributed by atoms with E-state index in [9.17, 15) is 4.79 Å². The third kappa shape index (κ3) is 1.85. The first kappa shape index (κ1) is 10.1. The SMILES string of the molecule is COC(=O)C1CCc2nc(CN)nn2C1. The molecule has 1 atom stereocenters. The van der Waals surface area contributed by atoms with Crippen LogP contribution >= 0.6 is 0 Å². The largest absolute Gasteiger partial charge is 0.469 e. The van der Waals surface area contributed by atoms with E-state index in [1.165, 1.54) is 7.11 Å². The van der Waals surface area contributed by atoms with Crippen LogP contribution in [0.3, 0.4) is 0 Å². The van der Waals surface area contributed by atoms with Crippen LogP contribution in [0, 0.1) is 5.92 Å². The first-order valence-electron chi connectivity index (χ1n) is 4.95. The number of nitrogens with two attached hydrogens (primary N) is 1. The van der Waals surface area contributed by atoms with Gasteiger partial charge >= 0.3 is 5.97 Å². The van der Waals surface area contributed by atoms with E-state index in [1.54, 1.807) is 4.68 Å². The van der Waals surface area contributed by atoms with Crippen molar-refractivity contribution in [3.63, 3.8) is 0 Å². The first-order valence-corrected chi connectivity index (χ1v) is 4.95. The van der Waals surface area contributed by atoms with Gasteiger partial charge in [-0.1, -0.05) is 0 Å². The van der Waals surface area contributed by atoms with Crippen LogP contribution in [0.5, 0.6) is 0 Å². The minimum Gasteiger partial charge on any atom is -0.469 e. The number of carbonyl (C=O) groups excluding carboxylic acids is 1. The highest BCUT2D eigenvalue weighted by atomic mass is 16.5. The Morgan fingerprint density at radius 1 is 1.73 bits per heavy atom. The predicted octanol–water partition coefficient (Wildman–Crippen LogP) is -0.528. The molecule has 0 radical (unpaired) electrons. The monoisotopic (exact) mass is 210 g/mol. The number of carbonyl (C=O) groups is 1. The van der Waals surface area contributed by atoms with Crippen LogP contribution in [0.25, 0.3) is 0 Å². The zero-order chi connectivity index (χ0) is 10.8. The Hall–Kier alpha value is -1.43. The number of hydrogen-bond acceptors (Lipinski definition) is 5. The van der Waals surface area contributed by atoms with Gasteiger partial charge in [-0.3, -0.25) is 4.79 Å². The highest BCUT2D eigenvalue weighted by Gasteiger charge is 2.27. The summed E-state index contributed by atoms with van der Waals surface area (Å²) < 4.78 is 6.47. The summed E-state index contributed by atoms with van der Waals surface area (Å²) in [5.74, 6) is 1.27. The van der Waals surface area contributed by atoms with Gasteiger partial charge in [-0.25, -0.2) is 9.67 Å². The van der Waals surface area contributed by atoms with Crippen molar-refractivity contribution in [3.8, 4) is 0 Å². The molecular formula is C9H14N4O2. The molecule has 0 saturated heterocycles. The number of rotatable bonds is 2. The van der Waals surface area contributed by atoms with Crippen LogP contribution in [0.1, 0.15) is 18.1 Å². The number of fused-ring (bicyclic) bond motifs is 1. The molecule has 2 heterocycles. The van der Waals surface area contributed by atoms with Gasteiger partial charge in [0.2, 0.25) is 0 Å². The number of ether oxygens (including phenoxy) is 1. The molecule has 15 heavy (non-hydrogen) atoms. The average Bonchev–Trinajstić information content (AvgIpc) is 2.69. The van der Waals surface area contributed by atoms with Crippen LogP contribution in [0.15, 0.2) is 0 Å². The van der Waals surface area contributed by atoms with Gasteiger partial charge in [-0.2, -0.15) is 5.10 Å². The van der Waals surface area contributed by atoms with Crippen molar-refractivity contribution in [2.24, 2.45) is 11.7 Å². The quantitative estimate of drug-likeness (QED) is 0.663. The van der Waals surface area contributed by atoms with Crippen molar-refractivity contribution < 1.29 is 9.53 Å². The van der Waals surface area contributed by atoms with Crippen LogP contribution < -0.4 is 5.73 Å². The van der Waals surface area contributed by atoms with Gasteiger partial charge in [0.15, 0.2) is 5.82 Å². The molecule has 1 aromatic heterocycles. The Morgan fingerprint density at radius 2 is 2.53 bits per heavy atom. The maximum Gasteiger partial charge on any atom is 0.310 e. The van der Waals surface area contributed by atoms with Crippen molar-refractivity contribution in [3.05, 3.63) is 11.6 Å². The molecule has 0 bridgehead atoms. The summed E-state index contributed by atoms with van der Waals surface area (Å²) in [6.45, 7) is 0.887. The molecular weight excluding hydrogens is 196 g/mol. The van der Waals surface area contributed by atoms with E-state index in [0.717, 1.165) is 18.7 Å². The van der Waals surface area contributed by atoms with E-state index in [4.69, 9.17) is 10.5 Å². The first-order chi connectivity index (χ1) is 7.24. The number of esters is 1. The van der Waals surface area contributed by atoms with E-state index in [2.05, 4.69) is 10.1 Å². The standard InChI is InChI=1S/C9H14N4O2/c1-15-9(14)6-2-3-8-11-7(4-10)12-13(8)5-6/h6H,2-5,10H2,1H3. The molecule has 1 unspecified atom stereocenters. The summed E-state index contributed by atoms with van der Waals surface area (Å²) in [5, 5.41) is 4.21. The van der Waals surface area contributed by atoms with E-state index >= 15 is 0 Å². The van der Waals surface area contributed by atoms with Crippen LogP contribution in [0.2, 0.25) is 0 Å². The Balaban J connectivity index is 2.15. The minimum absolute atomic E-state index is 0.102. The summed E-state index contributed by atoms with van der Waals surface area (Å²) in [4.78, 5) is 15.6. The summed E-state index contributed by atoms with van der Waals surface area (Å²) in [5.41, 5.74) is 5.45. The van der Waals surface area contributed by atoms with Gasteiger partial charge in [0.1, 0.15) is 5.82 Å². The highest BCUT2D eigenvalue weighted by molar-refractivity contribution is 5.72. The third-order valence-electron chi connectivity index (χ3n) is 2.62. The molecule has 1 aromatic rings. The van der Waals surface area contributed by atoms with Crippen molar-refractivity contribution in [2.45, 2.75) is 25.9 Å². The summed E-state index contributed by atoms with van der Waals surface area (Å²) >= 11 is 0.